The molecular formula is C53H61F9NO6-. The van der Waals surface area contributed by atoms with E-state index in [1.807, 2.05) is 43.3 Å². The SMILES string of the molecule is CC(C)c1ccccc1.CC(Cc1ccccc1)(CC(F)(F)F)OC=O.C[C@H](N)c1ccccc1.C[C@](Cc1ccccc1)(CC(F)(F)F)C(=O)O.C[C@](Cc1ccccc1)(CC(F)(F)F)C(=O)[O-]. The molecule has 0 aliphatic rings. The van der Waals surface area contributed by atoms with Gasteiger partial charge in [0.25, 0.3) is 6.47 Å². The number of alkyl halides is 9. The molecule has 0 aliphatic heterocycles. The minimum atomic E-state index is -4.52. The maximum Gasteiger partial charge on any atom is 0.392 e. The number of hydrogen-bond donors (Lipinski definition) is 2. The molecule has 5 aromatic carbocycles. The maximum atomic E-state index is 12.4. The highest BCUT2D eigenvalue weighted by Gasteiger charge is 2.45. The van der Waals surface area contributed by atoms with Crippen LogP contribution < -0.4 is 10.8 Å². The van der Waals surface area contributed by atoms with Crippen molar-refractivity contribution >= 4 is 18.4 Å². The molecule has 5 aromatic rings. The molecule has 5 rings (SSSR count). The first-order valence-electron chi connectivity index (χ1n) is 21.7. The summed E-state index contributed by atoms with van der Waals surface area (Å²) in [5.41, 5.74) is 4.74. The van der Waals surface area contributed by atoms with E-state index in [4.69, 9.17) is 10.8 Å². The van der Waals surface area contributed by atoms with Gasteiger partial charge in [0.1, 0.15) is 5.60 Å². The molecule has 378 valence electrons. The van der Waals surface area contributed by atoms with Gasteiger partial charge in [-0.3, -0.25) is 9.59 Å². The molecule has 4 atom stereocenters. The van der Waals surface area contributed by atoms with Crippen molar-refractivity contribution in [1.29, 1.82) is 0 Å². The third-order valence-corrected chi connectivity index (χ3v) is 10.2. The summed E-state index contributed by atoms with van der Waals surface area (Å²) in [7, 11) is 0. The first-order chi connectivity index (χ1) is 31.9. The van der Waals surface area contributed by atoms with Crippen molar-refractivity contribution in [2.24, 2.45) is 16.6 Å². The Labute approximate surface area is 398 Å². The molecule has 3 N–H and O–H groups in total. The van der Waals surface area contributed by atoms with E-state index in [1.165, 1.54) is 18.1 Å². The van der Waals surface area contributed by atoms with Crippen LogP contribution in [0.3, 0.4) is 0 Å². The maximum absolute atomic E-state index is 12.4. The summed E-state index contributed by atoms with van der Waals surface area (Å²) >= 11 is 0. The molecule has 16 heteroatoms. The van der Waals surface area contributed by atoms with Gasteiger partial charge in [0.15, 0.2) is 0 Å². The van der Waals surface area contributed by atoms with Crippen molar-refractivity contribution in [1.82, 2.24) is 0 Å². The number of rotatable bonds is 15. The zero-order valence-corrected chi connectivity index (χ0v) is 39.4. The van der Waals surface area contributed by atoms with Crippen molar-refractivity contribution in [2.45, 2.75) is 116 Å². The number of benzene rings is 5. The molecule has 1 unspecified atom stereocenters. The third-order valence-electron chi connectivity index (χ3n) is 10.2. The van der Waals surface area contributed by atoms with Crippen molar-refractivity contribution in [3.8, 4) is 0 Å². The summed E-state index contributed by atoms with van der Waals surface area (Å²) in [5.74, 6) is -2.46. The fraction of sp³-hybridized carbons (Fsp3) is 0.377. The van der Waals surface area contributed by atoms with E-state index >= 15 is 0 Å². The Morgan fingerprint density at radius 2 is 0.841 bits per heavy atom. The van der Waals surface area contributed by atoms with E-state index in [-0.39, 0.29) is 31.8 Å². The van der Waals surface area contributed by atoms with Crippen LogP contribution in [0.1, 0.15) is 101 Å². The average Bonchev–Trinajstić information content (AvgIpc) is 3.24. The Morgan fingerprint density at radius 3 is 1.10 bits per heavy atom. The van der Waals surface area contributed by atoms with Crippen LogP contribution in [0.15, 0.2) is 152 Å². The molecule has 0 amide bonds. The monoisotopic (exact) mass is 978 g/mol. The van der Waals surface area contributed by atoms with Crippen molar-refractivity contribution in [3.63, 3.8) is 0 Å². The van der Waals surface area contributed by atoms with Crippen molar-refractivity contribution in [2.75, 3.05) is 0 Å². The van der Waals surface area contributed by atoms with Crippen LogP contribution >= 0.6 is 0 Å². The summed E-state index contributed by atoms with van der Waals surface area (Å²) in [6, 6.07) is 45.9. The number of aliphatic carboxylic acids is 2. The van der Waals surface area contributed by atoms with E-state index in [2.05, 4.69) is 42.8 Å². The quantitative estimate of drug-likeness (QED) is 0.0789. The lowest BCUT2D eigenvalue weighted by Gasteiger charge is -2.31. The summed E-state index contributed by atoms with van der Waals surface area (Å²) in [6.07, 6.45) is -17.6. The smallest absolute Gasteiger partial charge is 0.392 e. The lowest BCUT2D eigenvalue weighted by Crippen LogP contribution is -2.44. The van der Waals surface area contributed by atoms with Crippen LogP contribution in [-0.2, 0) is 38.4 Å². The number of ether oxygens (including phenoxy) is 1. The molecule has 7 nitrogen and oxygen atoms in total. The summed E-state index contributed by atoms with van der Waals surface area (Å²) in [5, 5.41) is 19.8. The molecule has 69 heavy (non-hydrogen) atoms. The van der Waals surface area contributed by atoms with E-state index in [0.717, 1.165) is 13.8 Å². The number of halogens is 9. The molecule has 0 spiro atoms. The van der Waals surface area contributed by atoms with Crippen LogP contribution in [0.25, 0.3) is 0 Å². The minimum Gasteiger partial charge on any atom is -0.550 e. The number of hydrogen-bond acceptors (Lipinski definition) is 6. The van der Waals surface area contributed by atoms with Gasteiger partial charge in [-0.25, -0.2) is 0 Å². The van der Waals surface area contributed by atoms with E-state index in [9.17, 15) is 59.0 Å². The number of carboxylic acid groups (broad SMARTS) is 2. The number of carbonyl (C=O) groups is 3. The van der Waals surface area contributed by atoms with Gasteiger partial charge in [0, 0.05) is 23.8 Å². The number of carboxylic acids is 2. The zero-order chi connectivity index (χ0) is 52.5. The Kier molecular flexibility index (Phi) is 25.0. The predicted molar refractivity (Wildman–Crippen MR) is 246 cm³/mol. The predicted octanol–water partition coefficient (Wildman–Crippen LogP) is 12.8. The lowest BCUT2D eigenvalue weighted by atomic mass is 9.80. The molecule has 0 aliphatic carbocycles. The van der Waals surface area contributed by atoms with Gasteiger partial charge in [-0.15, -0.1) is 0 Å². The van der Waals surface area contributed by atoms with Gasteiger partial charge >= 0.3 is 24.5 Å². The van der Waals surface area contributed by atoms with E-state index in [1.54, 1.807) is 91.0 Å². The molecule has 0 radical (unpaired) electrons. The topological polar surface area (TPSA) is 130 Å². The van der Waals surface area contributed by atoms with Crippen LogP contribution in [0.4, 0.5) is 39.5 Å². The summed E-state index contributed by atoms with van der Waals surface area (Å²) < 4.78 is 116. The standard InChI is InChI=1S/3C12H13F3O2.C9H12.C8H11N/c1-11(17-9-16,8-12(13,14)15)7-10-5-3-2-4-6-10;2*1-11(10(16)17,8-12(13,14)15)7-9-5-3-2-4-6-9;1-8(2)9-6-4-3-5-7-9;1-7(9)8-5-3-2-4-6-8/h2-6,9H,7-8H2,1H3;2*2-6H,7-8H2,1H3,(H,16,17);3-8H,1-2H3;2-7H,9H2,1H3/p-1/t;2*11-;;7-/m.00.0/s1. The van der Waals surface area contributed by atoms with Crippen LogP contribution in [0.5, 0.6) is 0 Å². The zero-order valence-electron chi connectivity index (χ0n) is 39.4. The molecule has 0 bridgehead atoms. The van der Waals surface area contributed by atoms with Gasteiger partial charge in [-0.05, 0) is 67.3 Å². The van der Waals surface area contributed by atoms with Crippen LogP contribution in [0, 0.1) is 10.8 Å². The fourth-order valence-electron chi connectivity index (χ4n) is 6.71. The highest BCUT2D eigenvalue weighted by atomic mass is 19.4. The van der Waals surface area contributed by atoms with E-state index < -0.39 is 66.2 Å². The second-order valence-electron chi connectivity index (χ2n) is 17.5. The number of carbonyl (C=O) groups excluding carboxylic acids is 2. The second-order valence-corrected chi connectivity index (χ2v) is 17.5. The van der Waals surface area contributed by atoms with Gasteiger partial charge in [0.2, 0.25) is 0 Å². The molecular weight excluding hydrogens is 918 g/mol. The molecule has 0 heterocycles. The Morgan fingerprint density at radius 1 is 0.536 bits per heavy atom. The second kappa shape index (κ2) is 28.4. The van der Waals surface area contributed by atoms with Gasteiger partial charge in [0.05, 0.1) is 24.7 Å². The summed E-state index contributed by atoms with van der Waals surface area (Å²) in [6.45, 7) is 9.91. The normalized spacial score (nSPS) is 14.3. The van der Waals surface area contributed by atoms with Gasteiger partial charge in [-0.1, -0.05) is 172 Å². The Hall–Kier alpha value is -6.16. The van der Waals surface area contributed by atoms with Crippen LogP contribution in [-0.4, -0.2) is 47.6 Å². The number of nitrogens with two attached hydrogens (primary N) is 1. The van der Waals surface area contributed by atoms with Crippen molar-refractivity contribution < 1.29 is 68.8 Å². The Balaban J connectivity index is 0.000000442. The molecule has 0 saturated carbocycles. The minimum absolute atomic E-state index is 0.0338. The highest BCUT2D eigenvalue weighted by molar-refractivity contribution is 5.74. The van der Waals surface area contributed by atoms with Gasteiger partial charge < -0.3 is 25.5 Å². The Bertz CT molecular complexity index is 2070. The van der Waals surface area contributed by atoms with Gasteiger partial charge in [-0.2, -0.15) is 39.5 Å². The van der Waals surface area contributed by atoms with E-state index in [0.29, 0.717) is 22.6 Å². The highest BCUT2D eigenvalue weighted by Crippen LogP contribution is 2.37. The molecule has 0 aromatic heterocycles. The van der Waals surface area contributed by atoms with Crippen LogP contribution in [0.2, 0.25) is 0 Å². The largest absolute Gasteiger partial charge is 0.550 e. The fourth-order valence-corrected chi connectivity index (χ4v) is 6.71. The molecule has 0 saturated heterocycles. The van der Waals surface area contributed by atoms with Crippen molar-refractivity contribution in [3.05, 3.63) is 179 Å². The lowest BCUT2D eigenvalue weighted by molar-refractivity contribution is -0.323. The first-order valence-corrected chi connectivity index (χ1v) is 21.7. The first kappa shape index (κ1) is 60.9. The average molecular weight is 979 g/mol. The molecule has 0 fully saturated rings. The third kappa shape index (κ3) is 26.8. The summed E-state index contributed by atoms with van der Waals surface area (Å²) in [4.78, 5) is 32.2.